The summed E-state index contributed by atoms with van der Waals surface area (Å²) in [5.41, 5.74) is 5.54. The fourth-order valence-electron chi connectivity index (χ4n) is 5.57. The van der Waals surface area contributed by atoms with Crippen LogP contribution in [0.3, 0.4) is 0 Å². The summed E-state index contributed by atoms with van der Waals surface area (Å²) >= 11 is 0. The maximum absolute atomic E-state index is 13.4. The van der Waals surface area contributed by atoms with E-state index in [0.717, 1.165) is 33.1 Å². The molecule has 1 amide bonds. The fraction of sp³-hybridized carbons (Fsp3) is 0.0541. The van der Waals surface area contributed by atoms with Gasteiger partial charge in [0.2, 0.25) is 0 Å². The van der Waals surface area contributed by atoms with Crippen molar-refractivity contribution in [3.8, 4) is 5.69 Å². The highest BCUT2D eigenvalue weighted by Gasteiger charge is 2.34. The van der Waals surface area contributed by atoms with Gasteiger partial charge in [-0.15, -0.1) is 0 Å². The summed E-state index contributed by atoms with van der Waals surface area (Å²) < 4.78 is 8.32. The van der Waals surface area contributed by atoms with Crippen LogP contribution in [0.5, 0.6) is 0 Å². The highest BCUT2D eigenvalue weighted by atomic mass is 16.5. The molecule has 0 aliphatic carbocycles. The maximum atomic E-state index is 13.4. The molecule has 0 atom stereocenters. The number of hydrogen-bond donors (Lipinski definition) is 0. The number of benzene rings is 5. The molecule has 1 aromatic heterocycles. The minimum atomic E-state index is -0.278. The average Bonchev–Trinajstić information content (AvgIpc) is 3.54. The summed E-state index contributed by atoms with van der Waals surface area (Å²) in [6, 6.07) is 41.0. The molecule has 0 radical (unpaired) electrons. The Balaban J connectivity index is 1.27. The number of ether oxygens (including phenoxy) is 1. The van der Waals surface area contributed by atoms with E-state index in [1.165, 1.54) is 4.90 Å². The Kier molecular flexibility index (Phi) is 6.64. The second-order valence-corrected chi connectivity index (χ2v) is 10.2. The van der Waals surface area contributed by atoms with E-state index in [-0.39, 0.29) is 23.5 Å². The molecule has 2 heterocycles. The van der Waals surface area contributed by atoms with E-state index in [1.807, 2.05) is 67.6 Å². The van der Waals surface area contributed by atoms with Crippen LogP contribution in [0.4, 0.5) is 5.69 Å². The van der Waals surface area contributed by atoms with Gasteiger partial charge in [-0.2, -0.15) is 4.99 Å². The van der Waals surface area contributed by atoms with Gasteiger partial charge in [0.25, 0.3) is 5.91 Å². The Bertz CT molecular complexity index is 2080. The second-order valence-electron chi connectivity index (χ2n) is 10.2. The van der Waals surface area contributed by atoms with Crippen molar-refractivity contribution in [2.24, 2.45) is 4.99 Å². The molecule has 0 saturated carbocycles. The van der Waals surface area contributed by atoms with Crippen molar-refractivity contribution in [2.75, 3.05) is 6.54 Å². The first-order valence-electron chi connectivity index (χ1n) is 14.2. The van der Waals surface area contributed by atoms with Crippen LogP contribution in [0.1, 0.15) is 28.4 Å². The highest BCUT2D eigenvalue weighted by Crippen LogP contribution is 2.33. The quantitative estimate of drug-likeness (QED) is 0.153. The van der Waals surface area contributed by atoms with Gasteiger partial charge < -0.3 is 9.30 Å². The molecule has 1 fully saturated rings. The molecule has 7 rings (SSSR count). The van der Waals surface area contributed by atoms with Gasteiger partial charge in [0.05, 0.1) is 16.7 Å². The lowest BCUT2D eigenvalue weighted by atomic mass is 10.0. The van der Waals surface area contributed by atoms with Crippen LogP contribution >= 0.6 is 0 Å². The molecule has 0 N–H and O–H groups in total. The zero-order chi connectivity index (χ0) is 29.3. The van der Waals surface area contributed by atoms with E-state index in [9.17, 15) is 9.59 Å². The maximum Gasteiger partial charge on any atom is 0.305 e. The first kappa shape index (κ1) is 26.2. The van der Waals surface area contributed by atoms with E-state index in [2.05, 4.69) is 46.0 Å². The normalized spacial score (nSPS) is 15.1. The number of aliphatic imine (C=N–C) groups is 1. The van der Waals surface area contributed by atoms with Crippen molar-refractivity contribution in [3.05, 3.63) is 150 Å². The molecule has 0 spiro atoms. The van der Waals surface area contributed by atoms with Gasteiger partial charge in [-0.3, -0.25) is 14.5 Å². The zero-order valence-corrected chi connectivity index (χ0v) is 23.5. The van der Waals surface area contributed by atoms with Crippen LogP contribution in [0.2, 0.25) is 0 Å². The molecular formula is C37H27N3O3. The van der Waals surface area contributed by atoms with Crippen molar-refractivity contribution in [3.63, 3.8) is 0 Å². The van der Waals surface area contributed by atoms with Crippen molar-refractivity contribution in [2.45, 2.75) is 6.92 Å². The number of ketones is 1. The van der Waals surface area contributed by atoms with Gasteiger partial charge >= 0.3 is 6.02 Å². The Labute approximate surface area is 248 Å². The van der Waals surface area contributed by atoms with E-state index < -0.39 is 0 Å². The first-order chi connectivity index (χ1) is 21.1. The number of carbonyl (C=O) groups excluding carboxylic acids is 2. The largest absolute Gasteiger partial charge is 0.419 e. The molecule has 6 heteroatoms. The number of aromatic nitrogens is 1. The number of likely N-dealkylation sites (N-methyl/N-ethyl adjacent to an activating group) is 1. The highest BCUT2D eigenvalue weighted by molar-refractivity contribution is 6.15. The number of para-hydroxylation sites is 3. The Morgan fingerprint density at radius 1 is 0.767 bits per heavy atom. The topological polar surface area (TPSA) is 63.9 Å². The van der Waals surface area contributed by atoms with E-state index in [4.69, 9.17) is 4.74 Å². The molecule has 0 bridgehead atoms. The summed E-state index contributed by atoms with van der Waals surface area (Å²) in [4.78, 5) is 32.8. The van der Waals surface area contributed by atoms with E-state index in [0.29, 0.717) is 23.4 Å². The minimum absolute atomic E-state index is 0.147. The van der Waals surface area contributed by atoms with Gasteiger partial charge in [0.1, 0.15) is 0 Å². The van der Waals surface area contributed by atoms with Crippen LogP contribution in [-0.2, 0) is 9.53 Å². The Morgan fingerprint density at radius 3 is 2.23 bits per heavy atom. The number of rotatable bonds is 6. The van der Waals surface area contributed by atoms with Gasteiger partial charge in [-0.05, 0) is 61.0 Å². The fourth-order valence-corrected chi connectivity index (χ4v) is 5.57. The van der Waals surface area contributed by atoms with Crippen LogP contribution < -0.4 is 0 Å². The molecule has 6 aromatic rings. The number of hydrogen-bond acceptors (Lipinski definition) is 4. The molecule has 208 valence electrons. The third-order valence-electron chi connectivity index (χ3n) is 7.61. The third kappa shape index (κ3) is 4.69. The van der Waals surface area contributed by atoms with Crippen molar-refractivity contribution in [1.29, 1.82) is 0 Å². The van der Waals surface area contributed by atoms with Gasteiger partial charge in [0.15, 0.2) is 11.5 Å². The van der Waals surface area contributed by atoms with Crippen LogP contribution in [-0.4, -0.2) is 33.7 Å². The minimum Gasteiger partial charge on any atom is -0.419 e. The molecule has 1 saturated heterocycles. The van der Waals surface area contributed by atoms with Crippen molar-refractivity contribution < 1.29 is 14.3 Å². The van der Waals surface area contributed by atoms with Gasteiger partial charge in [0, 0.05) is 34.1 Å². The summed E-state index contributed by atoms with van der Waals surface area (Å²) in [5, 5.41) is 2.20. The summed E-state index contributed by atoms with van der Waals surface area (Å²) in [6.45, 7) is 2.23. The lowest BCUT2D eigenvalue weighted by molar-refractivity contribution is -0.122. The van der Waals surface area contributed by atoms with Crippen molar-refractivity contribution >= 4 is 51.3 Å². The van der Waals surface area contributed by atoms with Crippen LogP contribution in [0.25, 0.3) is 33.6 Å². The van der Waals surface area contributed by atoms with E-state index >= 15 is 0 Å². The van der Waals surface area contributed by atoms with Gasteiger partial charge in [-0.25, -0.2) is 0 Å². The molecule has 1 aliphatic heterocycles. The smallest absolute Gasteiger partial charge is 0.305 e. The lowest BCUT2D eigenvalue weighted by Crippen LogP contribution is -2.29. The standard InChI is InChI=1S/C37H27N3O3/c1-2-39-36(42)34(43-37(39)38-31-19-11-9-18-29(31)35(41)26-13-5-3-6-14-26)24-25-21-22-33-30(23-25)28-17-10-12-20-32(28)40(33)27-15-7-4-8-16-27/h3-24H,2H2,1H3. The predicted molar refractivity (Wildman–Crippen MR) is 171 cm³/mol. The molecule has 43 heavy (non-hydrogen) atoms. The molecule has 5 aromatic carbocycles. The number of fused-ring (bicyclic) bond motifs is 3. The van der Waals surface area contributed by atoms with E-state index in [1.54, 1.807) is 36.4 Å². The number of amides is 1. The molecular weight excluding hydrogens is 534 g/mol. The third-order valence-corrected chi connectivity index (χ3v) is 7.61. The molecule has 6 nitrogen and oxygen atoms in total. The summed E-state index contributed by atoms with van der Waals surface area (Å²) in [6.07, 6.45) is 1.75. The monoisotopic (exact) mass is 561 g/mol. The average molecular weight is 562 g/mol. The Morgan fingerprint density at radius 2 is 1.44 bits per heavy atom. The van der Waals surface area contributed by atoms with Crippen molar-refractivity contribution in [1.82, 2.24) is 9.47 Å². The first-order valence-corrected chi connectivity index (χ1v) is 14.2. The predicted octanol–water partition coefficient (Wildman–Crippen LogP) is 7.92. The summed E-state index contributed by atoms with van der Waals surface area (Å²) in [7, 11) is 0. The molecule has 0 unspecified atom stereocenters. The summed E-state index contributed by atoms with van der Waals surface area (Å²) in [5.74, 6) is -0.245. The number of nitrogens with zero attached hydrogens (tertiary/aromatic N) is 3. The zero-order valence-electron chi connectivity index (χ0n) is 23.5. The number of carbonyl (C=O) groups is 2. The van der Waals surface area contributed by atoms with Gasteiger partial charge in [-0.1, -0.05) is 84.9 Å². The molecule has 1 aliphatic rings. The number of amidine groups is 1. The van der Waals surface area contributed by atoms with Crippen LogP contribution in [0, 0.1) is 0 Å². The second kappa shape index (κ2) is 10.9. The lowest BCUT2D eigenvalue weighted by Gasteiger charge is -2.11. The van der Waals surface area contributed by atoms with Crippen LogP contribution in [0.15, 0.2) is 138 Å². The Hall–Kier alpha value is -5.75. The SMILES string of the molecule is CCN1C(=O)C(=Cc2ccc3c(c2)c2ccccc2n3-c2ccccc2)OC1=Nc1ccccc1C(=O)c1ccccc1.